The normalized spacial score (nSPS) is 11.2. The molecule has 1 aromatic carbocycles. The Morgan fingerprint density at radius 3 is 2.70 bits per heavy atom. The number of pyridine rings is 1. The molecule has 4 nitrogen and oxygen atoms in total. The van der Waals surface area contributed by atoms with Gasteiger partial charge in [0.05, 0.1) is 11.2 Å². The fourth-order valence-corrected chi connectivity index (χ4v) is 2.32. The number of hydrogen-bond acceptors (Lipinski definition) is 4. The van der Waals surface area contributed by atoms with Gasteiger partial charge in [0.2, 0.25) is 0 Å². The molecule has 0 fully saturated rings. The zero-order valence-corrected chi connectivity index (χ0v) is 12.2. The van der Waals surface area contributed by atoms with E-state index >= 15 is 0 Å². The van der Waals surface area contributed by atoms with Gasteiger partial charge in [-0.2, -0.15) is 0 Å². The van der Waals surface area contributed by atoms with E-state index in [1.54, 1.807) is 6.20 Å². The summed E-state index contributed by atoms with van der Waals surface area (Å²) in [5.41, 5.74) is 7.43. The summed E-state index contributed by atoms with van der Waals surface area (Å²) in [4.78, 5) is 8.32. The zero-order chi connectivity index (χ0) is 14.7. The molecule has 0 aliphatic carbocycles. The first-order chi connectivity index (χ1) is 9.50. The summed E-state index contributed by atoms with van der Waals surface area (Å²) in [5.74, 6) is -0.318. The Hall–Kier alpha value is -1.88. The van der Waals surface area contributed by atoms with Crippen LogP contribution in [-0.2, 0) is 0 Å². The minimum atomic E-state index is -0.318. The molecule has 0 aliphatic rings. The van der Waals surface area contributed by atoms with Gasteiger partial charge in [-0.3, -0.25) is 4.98 Å². The predicted octanol–water partition coefficient (Wildman–Crippen LogP) is 2.34. The van der Waals surface area contributed by atoms with Gasteiger partial charge in [0.25, 0.3) is 0 Å². The Bertz CT molecular complexity index is 598. The average Bonchev–Trinajstić information content (AvgIpc) is 2.38. The average molecular weight is 276 g/mol. The molecule has 2 N–H and O–H groups in total. The van der Waals surface area contributed by atoms with Gasteiger partial charge in [0.1, 0.15) is 0 Å². The highest BCUT2D eigenvalue weighted by molar-refractivity contribution is 5.98. The van der Waals surface area contributed by atoms with Crippen molar-refractivity contribution in [3.05, 3.63) is 30.2 Å². The third kappa shape index (κ3) is 2.99. The number of aromatic nitrogens is 1. The molecule has 0 amide bonds. The van der Waals surface area contributed by atoms with Gasteiger partial charge < -0.3 is 15.5 Å². The highest BCUT2D eigenvalue weighted by atomic mass is 19.1. The molecule has 0 unspecified atom stereocenters. The van der Waals surface area contributed by atoms with Crippen molar-refractivity contribution >= 4 is 22.3 Å². The van der Waals surface area contributed by atoms with Gasteiger partial charge in [-0.15, -0.1) is 0 Å². The Morgan fingerprint density at radius 2 is 2.00 bits per heavy atom. The molecule has 2 rings (SSSR count). The number of halogens is 1. The lowest BCUT2D eigenvalue weighted by atomic mass is 10.1. The lowest BCUT2D eigenvalue weighted by molar-refractivity contribution is 0.401. The molecule has 1 heterocycles. The summed E-state index contributed by atoms with van der Waals surface area (Å²) in [6.45, 7) is 1.73. The van der Waals surface area contributed by atoms with Crippen LogP contribution < -0.4 is 10.6 Å². The van der Waals surface area contributed by atoms with Crippen LogP contribution in [0.2, 0.25) is 0 Å². The zero-order valence-electron chi connectivity index (χ0n) is 12.2. The van der Waals surface area contributed by atoms with E-state index in [0.29, 0.717) is 16.9 Å². The van der Waals surface area contributed by atoms with Gasteiger partial charge in [-0.1, -0.05) is 0 Å². The number of hydrogen-bond donors (Lipinski definition) is 1. The van der Waals surface area contributed by atoms with Crippen LogP contribution in [0.15, 0.2) is 24.4 Å². The van der Waals surface area contributed by atoms with Crippen LogP contribution in [0.1, 0.15) is 6.42 Å². The number of anilines is 2. The smallest absolute Gasteiger partial charge is 0.150 e. The van der Waals surface area contributed by atoms with Crippen LogP contribution in [-0.4, -0.2) is 44.1 Å². The first kappa shape index (κ1) is 14.5. The van der Waals surface area contributed by atoms with Gasteiger partial charge in [-0.25, -0.2) is 4.39 Å². The lowest BCUT2D eigenvalue weighted by Crippen LogP contribution is -2.24. The molecule has 0 bridgehead atoms. The fourth-order valence-electron chi connectivity index (χ4n) is 2.32. The van der Waals surface area contributed by atoms with Crippen LogP contribution in [0, 0.1) is 5.82 Å². The minimum Gasteiger partial charge on any atom is -0.398 e. The SMILES string of the molecule is CN(C)CCCN(C)c1c(F)cc(N)c2cccnc12. The molecule has 0 atom stereocenters. The third-order valence-electron chi connectivity index (χ3n) is 3.33. The second-order valence-electron chi connectivity index (χ2n) is 5.27. The number of nitrogen functional groups attached to an aromatic ring is 1. The third-order valence-corrected chi connectivity index (χ3v) is 3.33. The van der Waals surface area contributed by atoms with E-state index in [-0.39, 0.29) is 5.82 Å². The van der Waals surface area contributed by atoms with Crippen molar-refractivity contribution < 1.29 is 4.39 Å². The van der Waals surface area contributed by atoms with Crippen LogP contribution >= 0.6 is 0 Å². The van der Waals surface area contributed by atoms with Crippen molar-refractivity contribution in [2.75, 3.05) is 44.9 Å². The van der Waals surface area contributed by atoms with Gasteiger partial charge in [-0.05, 0) is 45.3 Å². The number of fused-ring (bicyclic) bond motifs is 1. The standard InChI is InChI=1S/C15H21FN4/c1-19(2)8-5-9-20(3)15-12(16)10-13(17)11-6-4-7-18-14(11)15/h4,6-7,10H,5,8-9,17H2,1-3H3. The van der Waals surface area contributed by atoms with Crippen molar-refractivity contribution in [3.8, 4) is 0 Å². The highest BCUT2D eigenvalue weighted by Gasteiger charge is 2.15. The van der Waals surface area contributed by atoms with Gasteiger partial charge in [0.15, 0.2) is 5.82 Å². The topological polar surface area (TPSA) is 45.4 Å². The molecule has 1 aromatic heterocycles. The van der Waals surface area contributed by atoms with Gasteiger partial charge >= 0.3 is 0 Å². The number of rotatable bonds is 5. The summed E-state index contributed by atoms with van der Waals surface area (Å²) in [6, 6.07) is 5.06. The summed E-state index contributed by atoms with van der Waals surface area (Å²) in [5, 5.41) is 0.795. The summed E-state index contributed by atoms with van der Waals surface area (Å²) in [7, 11) is 5.94. The van der Waals surface area contributed by atoms with Gasteiger partial charge in [0, 0.05) is 30.9 Å². The molecule has 0 saturated heterocycles. The predicted molar refractivity (Wildman–Crippen MR) is 82.6 cm³/mol. The highest BCUT2D eigenvalue weighted by Crippen LogP contribution is 2.31. The molecule has 0 spiro atoms. The largest absolute Gasteiger partial charge is 0.398 e. The molecule has 20 heavy (non-hydrogen) atoms. The second kappa shape index (κ2) is 6.05. The van der Waals surface area contributed by atoms with Crippen LogP contribution in [0.25, 0.3) is 10.9 Å². The quantitative estimate of drug-likeness (QED) is 0.851. The number of nitrogens with zero attached hydrogens (tertiary/aromatic N) is 3. The van der Waals surface area contributed by atoms with E-state index in [4.69, 9.17) is 5.73 Å². The molecule has 0 radical (unpaired) electrons. The monoisotopic (exact) mass is 276 g/mol. The maximum Gasteiger partial charge on any atom is 0.150 e. The summed E-state index contributed by atoms with van der Waals surface area (Å²) >= 11 is 0. The Balaban J connectivity index is 2.33. The first-order valence-corrected chi connectivity index (χ1v) is 6.69. The second-order valence-corrected chi connectivity index (χ2v) is 5.27. The first-order valence-electron chi connectivity index (χ1n) is 6.69. The number of nitrogens with two attached hydrogens (primary N) is 1. The van der Waals surface area contributed by atoms with Crippen molar-refractivity contribution in [1.29, 1.82) is 0 Å². The number of benzene rings is 1. The maximum absolute atomic E-state index is 14.2. The van der Waals surface area contributed by atoms with Crippen LogP contribution in [0.3, 0.4) is 0 Å². The molecule has 5 heteroatoms. The van der Waals surface area contributed by atoms with Crippen LogP contribution in [0.4, 0.5) is 15.8 Å². The molecule has 0 aliphatic heterocycles. The minimum absolute atomic E-state index is 0.318. The van der Waals surface area contributed by atoms with E-state index in [9.17, 15) is 4.39 Å². The molecular formula is C15H21FN4. The van der Waals surface area contributed by atoms with E-state index in [1.807, 2.05) is 38.2 Å². The van der Waals surface area contributed by atoms with Crippen molar-refractivity contribution in [3.63, 3.8) is 0 Å². The van der Waals surface area contributed by atoms with E-state index < -0.39 is 0 Å². The Kier molecular flexibility index (Phi) is 4.39. The van der Waals surface area contributed by atoms with Crippen molar-refractivity contribution in [2.24, 2.45) is 0 Å². The molecule has 0 saturated carbocycles. The molecule has 108 valence electrons. The fraction of sp³-hybridized carbons (Fsp3) is 0.400. The van der Waals surface area contributed by atoms with Crippen molar-refractivity contribution in [2.45, 2.75) is 6.42 Å². The van der Waals surface area contributed by atoms with E-state index in [2.05, 4.69) is 9.88 Å². The Labute approximate surface area is 119 Å². The van der Waals surface area contributed by atoms with E-state index in [1.165, 1.54) is 6.07 Å². The maximum atomic E-state index is 14.2. The lowest BCUT2D eigenvalue weighted by Gasteiger charge is -2.22. The van der Waals surface area contributed by atoms with E-state index in [0.717, 1.165) is 24.9 Å². The summed E-state index contributed by atoms with van der Waals surface area (Å²) in [6.07, 6.45) is 2.63. The molecular weight excluding hydrogens is 255 g/mol. The van der Waals surface area contributed by atoms with Crippen molar-refractivity contribution in [1.82, 2.24) is 9.88 Å². The summed E-state index contributed by atoms with van der Waals surface area (Å²) < 4.78 is 14.2. The van der Waals surface area contributed by atoms with Crippen LogP contribution in [0.5, 0.6) is 0 Å². The molecule has 2 aromatic rings. The Morgan fingerprint density at radius 1 is 1.25 bits per heavy atom.